The molecule has 6 nitrogen and oxygen atoms in total. The molecule has 3 rings (SSSR count). The normalized spacial score (nSPS) is 16.3. The second-order valence-corrected chi connectivity index (χ2v) is 6.92. The fourth-order valence-corrected chi connectivity index (χ4v) is 3.23. The van der Waals surface area contributed by atoms with E-state index in [-0.39, 0.29) is 24.2 Å². The molecule has 2 aromatic carbocycles. The molecule has 1 fully saturated rings. The molecule has 2 aromatic rings. The minimum Gasteiger partial charge on any atom is -0.496 e. The average molecular weight is 367 g/mol. The van der Waals surface area contributed by atoms with Crippen LogP contribution < -0.4 is 15.0 Å². The zero-order chi connectivity index (χ0) is 19.4. The molecule has 0 spiro atoms. The fourth-order valence-electron chi connectivity index (χ4n) is 3.23. The summed E-state index contributed by atoms with van der Waals surface area (Å²) in [5, 5.41) is 2.92. The molecule has 6 heteroatoms. The quantitative estimate of drug-likeness (QED) is 0.853. The van der Waals surface area contributed by atoms with Crippen LogP contribution in [0, 0.1) is 5.92 Å². The Labute approximate surface area is 159 Å². The Morgan fingerprint density at radius 1 is 1.19 bits per heavy atom. The van der Waals surface area contributed by atoms with Gasteiger partial charge in [-0.3, -0.25) is 9.59 Å². The molecular formula is C21H25N3O3. The van der Waals surface area contributed by atoms with Gasteiger partial charge in [0.1, 0.15) is 5.75 Å². The van der Waals surface area contributed by atoms with Crippen LogP contribution in [0.3, 0.4) is 0 Å². The molecule has 0 saturated carbocycles. The fraction of sp³-hybridized carbons (Fsp3) is 0.333. The summed E-state index contributed by atoms with van der Waals surface area (Å²) >= 11 is 0. The third-order valence-electron chi connectivity index (χ3n) is 4.79. The number of likely N-dealkylation sites (tertiary alicyclic amines) is 1. The summed E-state index contributed by atoms with van der Waals surface area (Å²) in [6.45, 7) is 0.864. The number of ether oxygens (including phenoxy) is 1. The average Bonchev–Trinajstić information content (AvgIpc) is 3.03. The van der Waals surface area contributed by atoms with E-state index in [0.717, 1.165) is 22.7 Å². The number of nitrogens with zero attached hydrogens (tertiary/aromatic N) is 2. The Balaban J connectivity index is 1.61. The zero-order valence-electron chi connectivity index (χ0n) is 15.9. The van der Waals surface area contributed by atoms with E-state index in [9.17, 15) is 9.59 Å². The van der Waals surface area contributed by atoms with Gasteiger partial charge in [0.25, 0.3) is 0 Å². The molecule has 0 bridgehead atoms. The Bertz CT molecular complexity index is 818. The van der Waals surface area contributed by atoms with Crippen LogP contribution in [0.15, 0.2) is 48.5 Å². The van der Waals surface area contributed by atoms with Gasteiger partial charge in [-0.25, -0.2) is 0 Å². The Morgan fingerprint density at radius 2 is 1.89 bits per heavy atom. The molecule has 1 aliphatic heterocycles. The highest BCUT2D eigenvalue weighted by Crippen LogP contribution is 2.26. The molecule has 27 heavy (non-hydrogen) atoms. The van der Waals surface area contributed by atoms with E-state index >= 15 is 0 Å². The van der Waals surface area contributed by atoms with Crippen LogP contribution in [0.4, 0.5) is 11.4 Å². The van der Waals surface area contributed by atoms with Crippen molar-refractivity contribution in [1.82, 2.24) is 4.90 Å². The molecule has 1 atom stereocenters. The number of nitrogens with one attached hydrogen (secondary N) is 1. The number of methoxy groups -OCH3 is 1. The van der Waals surface area contributed by atoms with E-state index < -0.39 is 0 Å². The van der Waals surface area contributed by atoms with Crippen molar-refractivity contribution in [3.8, 4) is 5.75 Å². The Kier molecular flexibility index (Phi) is 5.64. The summed E-state index contributed by atoms with van der Waals surface area (Å²) < 4.78 is 5.35. The number of benzene rings is 2. The highest BCUT2D eigenvalue weighted by molar-refractivity contribution is 5.97. The van der Waals surface area contributed by atoms with Crippen molar-refractivity contribution >= 4 is 23.2 Å². The minimum atomic E-state index is -0.347. The lowest BCUT2D eigenvalue weighted by Crippen LogP contribution is -2.28. The Hall–Kier alpha value is -3.02. The number of anilines is 2. The van der Waals surface area contributed by atoms with Crippen molar-refractivity contribution in [3.05, 3.63) is 54.1 Å². The van der Waals surface area contributed by atoms with Crippen LogP contribution in [0.5, 0.6) is 5.75 Å². The molecule has 1 heterocycles. The van der Waals surface area contributed by atoms with Gasteiger partial charge in [0.2, 0.25) is 11.8 Å². The molecule has 1 N–H and O–H groups in total. The van der Waals surface area contributed by atoms with Gasteiger partial charge in [-0.1, -0.05) is 18.2 Å². The lowest BCUT2D eigenvalue weighted by Gasteiger charge is -2.18. The van der Waals surface area contributed by atoms with Crippen molar-refractivity contribution in [2.75, 3.05) is 38.0 Å². The lowest BCUT2D eigenvalue weighted by molar-refractivity contribution is -0.128. The maximum atomic E-state index is 12.6. The van der Waals surface area contributed by atoms with Crippen LogP contribution in [0.2, 0.25) is 0 Å². The number of rotatable bonds is 6. The summed E-state index contributed by atoms with van der Waals surface area (Å²) in [4.78, 5) is 28.7. The van der Waals surface area contributed by atoms with E-state index in [0.29, 0.717) is 13.1 Å². The summed E-state index contributed by atoms with van der Waals surface area (Å²) in [6, 6.07) is 15.3. The molecular weight excluding hydrogens is 342 g/mol. The van der Waals surface area contributed by atoms with Crippen LogP contribution in [-0.2, 0) is 16.1 Å². The monoisotopic (exact) mass is 367 g/mol. The number of carbonyl (C=O) groups excluding carboxylic acids is 2. The summed E-state index contributed by atoms with van der Waals surface area (Å²) in [7, 11) is 5.55. The molecule has 1 aliphatic rings. The first-order valence-electron chi connectivity index (χ1n) is 8.96. The third kappa shape index (κ3) is 4.39. The highest BCUT2D eigenvalue weighted by atomic mass is 16.5. The molecule has 0 aliphatic carbocycles. The van der Waals surface area contributed by atoms with Crippen LogP contribution in [0.25, 0.3) is 0 Å². The van der Waals surface area contributed by atoms with Gasteiger partial charge < -0.3 is 19.9 Å². The predicted octanol–water partition coefficient (Wildman–Crippen LogP) is 2.75. The largest absolute Gasteiger partial charge is 0.496 e. The van der Waals surface area contributed by atoms with E-state index in [1.807, 2.05) is 67.5 Å². The minimum absolute atomic E-state index is 0.0102. The van der Waals surface area contributed by atoms with E-state index in [1.54, 1.807) is 12.0 Å². The lowest BCUT2D eigenvalue weighted by atomic mass is 10.1. The summed E-state index contributed by atoms with van der Waals surface area (Å²) in [5.41, 5.74) is 2.74. The van der Waals surface area contributed by atoms with E-state index in [4.69, 9.17) is 4.74 Å². The van der Waals surface area contributed by atoms with Crippen molar-refractivity contribution in [2.24, 2.45) is 5.92 Å². The van der Waals surface area contributed by atoms with Gasteiger partial charge in [0, 0.05) is 50.5 Å². The predicted molar refractivity (Wildman–Crippen MR) is 106 cm³/mol. The molecule has 1 saturated heterocycles. The van der Waals surface area contributed by atoms with E-state index in [2.05, 4.69) is 5.32 Å². The SMILES string of the molecule is COc1ccccc1CN1CC(C(=O)Nc2ccc(N(C)C)cc2)CC1=O. The maximum Gasteiger partial charge on any atom is 0.229 e. The topological polar surface area (TPSA) is 61.9 Å². The van der Waals surface area contributed by atoms with Gasteiger partial charge >= 0.3 is 0 Å². The first-order valence-corrected chi connectivity index (χ1v) is 8.96. The molecule has 142 valence electrons. The third-order valence-corrected chi connectivity index (χ3v) is 4.79. The number of hydrogen-bond acceptors (Lipinski definition) is 4. The number of hydrogen-bond donors (Lipinski definition) is 1. The number of amides is 2. The van der Waals surface area contributed by atoms with Crippen molar-refractivity contribution < 1.29 is 14.3 Å². The molecule has 2 amide bonds. The van der Waals surface area contributed by atoms with E-state index in [1.165, 1.54) is 0 Å². The highest BCUT2D eigenvalue weighted by Gasteiger charge is 2.34. The maximum absolute atomic E-state index is 12.6. The van der Waals surface area contributed by atoms with Gasteiger partial charge in [-0.05, 0) is 30.3 Å². The second kappa shape index (κ2) is 8.12. The first-order chi connectivity index (χ1) is 13.0. The summed E-state index contributed by atoms with van der Waals surface area (Å²) in [6.07, 6.45) is 0.233. The van der Waals surface area contributed by atoms with Gasteiger partial charge in [0.15, 0.2) is 0 Å². The van der Waals surface area contributed by atoms with Crippen molar-refractivity contribution in [2.45, 2.75) is 13.0 Å². The van der Waals surface area contributed by atoms with Gasteiger partial charge in [-0.15, -0.1) is 0 Å². The van der Waals surface area contributed by atoms with Gasteiger partial charge in [-0.2, -0.15) is 0 Å². The molecule has 0 aromatic heterocycles. The molecule has 0 radical (unpaired) electrons. The van der Waals surface area contributed by atoms with Crippen molar-refractivity contribution in [1.29, 1.82) is 0 Å². The number of para-hydroxylation sites is 1. The Morgan fingerprint density at radius 3 is 2.56 bits per heavy atom. The van der Waals surface area contributed by atoms with Crippen molar-refractivity contribution in [3.63, 3.8) is 0 Å². The second-order valence-electron chi connectivity index (χ2n) is 6.92. The standard InChI is InChI=1S/C21H25N3O3/c1-23(2)18-10-8-17(9-11-18)22-21(26)16-12-20(25)24(14-16)13-15-6-4-5-7-19(15)27-3/h4-11,16H,12-14H2,1-3H3,(H,22,26). The molecule has 1 unspecified atom stereocenters. The van der Waals surface area contributed by atoms with Crippen LogP contribution in [0.1, 0.15) is 12.0 Å². The van der Waals surface area contributed by atoms with Crippen LogP contribution >= 0.6 is 0 Å². The summed E-state index contributed by atoms with van der Waals surface area (Å²) in [5.74, 6) is 0.271. The zero-order valence-corrected chi connectivity index (χ0v) is 15.9. The van der Waals surface area contributed by atoms with Gasteiger partial charge in [0.05, 0.1) is 13.0 Å². The smallest absolute Gasteiger partial charge is 0.229 e. The first kappa shape index (κ1) is 18.8. The number of carbonyl (C=O) groups is 2. The van der Waals surface area contributed by atoms with Crippen LogP contribution in [-0.4, -0.2) is 44.5 Å².